The van der Waals surface area contributed by atoms with Gasteiger partial charge >= 0.3 is 5.97 Å². The van der Waals surface area contributed by atoms with E-state index in [1.54, 1.807) is 31.2 Å². The predicted octanol–water partition coefficient (Wildman–Crippen LogP) is 3.22. The third-order valence-corrected chi connectivity index (χ3v) is 3.17. The van der Waals surface area contributed by atoms with Crippen molar-refractivity contribution in [3.63, 3.8) is 0 Å². The highest BCUT2D eigenvalue weighted by molar-refractivity contribution is 6.02. The Labute approximate surface area is 135 Å². The van der Waals surface area contributed by atoms with Crippen LogP contribution >= 0.6 is 0 Å². The van der Waals surface area contributed by atoms with Crippen molar-refractivity contribution in [2.45, 2.75) is 13.8 Å². The number of ether oxygens (including phenoxy) is 1. The summed E-state index contributed by atoms with van der Waals surface area (Å²) in [5.74, 6) is -0.682. The molecule has 0 saturated heterocycles. The Balaban J connectivity index is 1.99. The molecule has 1 amide bonds. The van der Waals surface area contributed by atoms with E-state index < -0.39 is 5.97 Å². The van der Waals surface area contributed by atoms with Gasteiger partial charge in [-0.25, -0.2) is 4.79 Å². The lowest BCUT2D eigenvalue weighted by Crippen LogP contribution is -2.23. The fourth-order valence-corrected chi connectivity index (χ4v) is 2.11. The molecule has 0 radical (unpaired) electrons. The summed E-state index contributed by atoms with van der Waals surface area (Å²) in [6, 6.07) is 14.6. The Hall–Kier alpha value is -2.82. The number of aryl methyl sites for hydroxylation is 1. The molecule has 0 aromatic heterocycles. The summed E-state index contributed by atoms with van der Waals surface area (Å²) in [4.78, 5) is 24.0. The average molecular weight is 312 g/mol. The molecule has 5 heteroatoms. The minimum Gasteiger partial charge on any atom is -0.462 e. The van der Waals surface area contributed by atoms with Crippen LogP contribution in [-0.2, 0) is 9.53 Å². The lowest BCUT2D eigenvalue weighted by molar-refractivity contribution is -0.114. The summed E-state index contributed by atoms with van der Waals surface area (Å²) in [6.07, 6.45) is 0. The van der Waals surface area contributed by atoms with E-state index in [0.29, 0.717) is 11.3 Å². The highest BCUT2D eigenvalue weighted by atomic mass is 16.5. The van der Waals surface area contributed by atoms with Gasteiger partial charge in [0.05, 0.1) is 24.4 Å². The van der Waals surface area contributed by atoms with Gasteiger partial charge in [-0.1, -0.05) is 24.3 Å². The summed E-state index contributed by atoms with van der Waals surface area (Å²) in [5.41, 5.74) is 2.78. The van der Waals surface area contributed by atoms with Crippen LogP contribution in [0.25, 0.3) is 0 Å². The van der Waals surface area contributed by atoms with Crippen LogP contribution < -0.4 is 10.6 Å². The van der Waals surface area contributed by atoms with Gasteiger partial charge in [0.15, 0.2) is 0 Å². The third-order valence-electron chi connectivity index (χ3n) is 3.17. The number of para-hydroxylation sites is 1. The summed E-state index contributed by atoms with van der Waals surface area (Å²) in [5, 5.41) is 5.78. The van der Waals surface area contributed by atoms with Crippen LogP contribution in [0.1, 0.15) is 22.8 Å². The van der Waals surface area contributed by atoms with Gasteiger partial charge < -0.3 is 15.4 Å². The van der Waals surface area contributed by atoms with Crippen molar-refractivity contribution in [1.82, 2.24) is 0 Å². The molecule has 0 atom stereocenters. The van der Waals surface area contributed by atoms with Gasteiger partial charge in [-0.05, 0) is 43.7 Å². The zero-order chi connectivity index (χ0) is 16.7. The molecule has 0 spiro atoms. The Kier molecular flexibility index (Phi) is 5.74. The van der Waals surface area contributed by atoms with Crippen LogP contribution in [0.3, 0.4) is 0 Å². The van der Waals surface area contributed by atoms with Crippen molar-refractivity contribution in [3.8, 4) is 0 Å². The number of benzene rings is 2. The largest absolute Gasteiger partial charge is 0.462 e. The lowest BCUT2D eigenvalue weighted by atomic mass is 10.2. The summed E-state index contributed by atoms with van der Waals surface area (Å²) < 4.78 is 4.99. The van der Waals surface area contributed by atoms with Crippen molar-refractivity contribution in [2.24, 2.45) is 0 Å². The number of carbonyl (C=O) groups is 2. The molecule has 2 N–H and O–H groups in total. The Morgan fingerprint density at radius 2 is 1.87 bits per heavy atom. The second-order valence-corrected chi connectivity index (χ2v) is 5.04. The number of anilines is 2. The minimum absolute atomic E-state index is 0.112. The molecule has 0 unspecified atom stereocenters. The standard InChI is InChI=1S/C18H20N2O3/c1-3-23-18(22)15-9-4-5-10-16(15)20-17(21)12-19-14-8-6-7-13(2)11-14/h4-11,19H,3,12H2,1-2H3,(H,20,21). The number of hydrogen-bond donors (Lipinski definition) is 2. The molecular formula is C18H20N2O3. The molecule has 2 rings (SSSR count). The Morgan fingerprint density at radius 3 is 2.61 bits per heavy atom. The SMILES string of the molecule is CCOC(=O)c1ccccc1NC(=O)CNc1cccc(C)c1. The first kappa shape index (κ1) is 16.5. The first-order valence-corrected chi connectivity index (χ1v) is 7.46. The number of hydrogen-bond acceptors (Lipinski definition) is 4. The van der Waals surface area contributed by atoms with Gasteiger partial charge in [0.25, 0.3) is 0 Å². The van der Waals surface area contributed by atoms with Gasteiger partial charge in [0.1, 0.15) is 0 Å². The first-order chi connectivity index (χ1) is 11.1. The normalized spacial score (nSPS) is 10.0. The molecule has 0 aliphatic carbocycles. The summed E-state index contributed by atoms with van der Waals surface area (Å²) in [6.45, 7) is 4.13. The van der Waals surface area contributed by atoms with Crippen LogP contribution in [0.2, 0.25) is 0 Å². The van der Waals surface area contributed by atoms with Crippen LogP contribution in [0.5, 0.6) is 0 Å². The summed E-state index contributed by atoms with van der Waals surface area (Å²) >= 11 is 0. The third kappa shape index (κ3) is 4.85. The molecule has 0 aliphatic rings. The first-order valence-electron chi connectivity index (χ1n) is 7.46. The van der Waals surface area contributed by atoms with E-state index >= 15 is 0 Å². The van der Waals surface area contributed by atoms with Crippen molar-refractivity contribution in [2.75, 3.05) is 23.8 Å². The fourth-order valence-electron chi connectivity index (χ4n) is 2.11. The van der Waals surface area contributed by atoms with E-state index in [1.165, 1.54) is 0 Å². The molecule has 23 heavy (non-hydrogen) atoms. The van der Waals surface area contributed by atoms with Gasteiger partial charge in [-0.3, -0.25) is 4.79 Å². The van der Waals surface area contributed by atoms with E-state index in [1.807, 2.05) is 31.2 Å². The van der Waals surface area contributed by atoms with E-state index in [0.717, 1.165) is 11.3 Å². The van der Waals surface area contributed by atoms with Gasteiger partial charge in [0, 0.05) is 5.69 Å². The molecule has 2 aromatic carbocycles. The van der Waals surface area contributed by atoms with Gasteiger partial charge in [0.2, 0.25) is 5.91 Å². The highest BCUT2D eigenvalue weighted by Gasteiger charge is 2.13. The molecule has 0 aliphatic heterocycles. The van der Waals surface area contributed by atoms with Crippen molar-refractivity contribution < 1.29 is 14.3 Å². The Morgan fingerprint density at radius 1 is 1.09 bits per heavy atom. The maximum Gasteiger partial charge on any atom is 0.340 e. The second-order valence-electron chi connectivity index (χ2n) is 5.04. The van der Waals surface area contributed by atoms with Gasteiger partial charge in [-0.2, -0.15) is 0 Å². The number of carbonyl (C=O) groups excluding carboxylic acids is 2. The van der Waals surface area contributed by atoms with E-state index in [2.05, 4.69) is 10.6 Å². The van der Waals surface area contributed by atoms with E-state index in [9.17, 15) is 9.59 Å². The molecular weight excluding hydrogens is 292 g/mol. The van der Waals surface area contributed by atoms with Crippen molar-refractivity contribution in [1.29, 1.82) is 0 Å². The van der Waals surface area contributed by atoms with Crippen LogP contribution in [0, 0.1) is 6.92 Å². The predicted molar refractivity (Wildman–Crippen MR) is 90.7 cm³/mol. The maximum absolute atomic E-state index is 12.1. The molecule has 0 heterocycles. The molecule has 5 nitrogen and oxygen atoms in total. The topological polar surface area (TPSA) is 67.4 Å². The molecule has 120 valence electrons. The zero-order valence-electron chi connectivity index (χ0n) is 13.3. The highest BCUT2D eigenvalue weighted by Crippen LogP contribution is 2.16. The average Bonchev–Trinajstić information content (AvgIpc) is 2.54. The molecule has 0 bridgehead atoms. The monoisotopic (exact) mass is 312 g/mol. The molecule has 2 aromatic rings. The second kappa shape index (κ2) is 7.98. The molecule has 0 saturated carbocycles. The zero-order valence-corrected chi connectivity index (χ0v) is 13.3. The number of rotatable bonds is 6. The Bertz CT molecular complexity index is 698. The maximum atomic E-state index is 12.1. The van der Waals surface area contributed by atoms with Gasteiger partial charge in [-0.15, -0.1) is 0 Å². The fraction of sp³-hybridized carbons (Fsp3) is 0.222. The van der Waals surface area contributed by atoms with Crippen LogP contribution in [0.4, 0.5) is 11.4 Å². The summed E-state index contributed by atoms with van der Waals surface area (Å²) in [7, 11) is 0. The van der Waals surface area contributed by atoms with E-state index in [-0.39, 0.29) is 19.1 Å². The van der Waals surface area contributed by atoms with E-state index in [4.69, 9.17) is 4.74 Å². The number of nitrogens with one attached hydrogen (secondary N) is 2. The number of amides is 1. The van der Waals surface area contributed by atoms with Crippen molar-refractivity contribution in [3.05, 3.63) is 59.7 Å². The van der Waals surface area contributed by atoms with Crippen molar-refractivity contribution >= 4 is 23.3 Å². The molecule has 0 fully saturated rings. The smallest absolute Gasteiger partial charge is 0.340 e. The quantitative estimate of drug-likeness (QED) is 0.804. The minimum atomic E-state index is -0.449. The lowest BCUT2D eigenvalue weighted by Gasteiger charge is -2.11. The van der Waals surface area contributed by atoms with Crippen LogP contribution in [-0.4, -0.2) is 25.0 Å². The van der Waals surface area contributed by atoms with Crippen LogP contribution in [0.15, 0.2) is 48.5 Å². The number of esters is 1.